The van der Waals surface area contributed by atoms with Gasteiger partial charge in [-0.15, -0.1) is 16.2 Å². The van der Waals surface area contributed by atoms with Crippen molar-refractivity contribution in [3.63, 3.8) is 0 Å². The molecule has 1 atom stereocenters. The fourth-order valence-electron chi connectivity index (χ4n) is 0.565. The van der Waals surface area contributed by atoms with E-state index in [1.807, 2.05) is 0 Å². The number of aromatic nitrogens is 1. The van der Waals surface area contributed by atoms with E-state index in [0.717, 1.165) is 11.3 Å². The number of nitroso groups, excluding NO2 is 1. The Balaban J connectivity index is 2.88. The number of carboxylic acids is 1. The van der Waals surface area contributed by atoms with Crippen molar-refractivity contribution >= 4 is 17.3 Å². The highest BCUT2D eigenvalue weighted by molar-refractivity contribution is 7.09. The van der Waals surface area contributed by atoms with Crippen LogP contribution in [-0.2, 0) is 4.79 Å². The van der Waals surface area contributed by atoms with Crippen LogP contribution in [0.4, 0.5) is 0 Å². The number of carbonyl (C=O) groups is 1. The van der Waals surface area contributed by atoms with E-state index >= 15 is 0 Å². The molecule has 1 rings (SSSR count). The van der Waals surface area contributed by atoms with E-state index in [2.05, 4.69) is 10.2 Å². The van der Waals surface area contributed by atoms with Crippen LogP contribution < -0.4 is 0 Å². The maximum absolute atomic E-state index is 10.3. The van der Waals surface area contributed by atoms with Crippen molar-refractivity contribution in [1.82, 2.24) is 4.98 Å². The van der Waals surface area contributed by atoms with E-state index in [4.69, 9.17) is 5.11 Å². The summed E-state index contributed by atoms with van der Waals surface area (Å²) in [6.45, 7) is 0. The monoisotopic (exact) mass is 172 g/mol. The van der Waals surface area contributed by atoms with Crippen LogP contribution in [-0.4, -0.2) is 16.1 Å². The molecule has 1 unspecified atom stereocenters. The SMILES string of the molecule is O=NC(C(=O)O)c1nccs1. The summed E-state index contributed by atoms with van der Waals surface area (Å²) in [6.07, 6.45) is 1.43. The first kappa shape index (κ1) is 7.80. The molecule has 0 fully saturated rings. The molecule has 0 aliphatic rings. The summed E-state index contributed by atoms with van der Waals surface area (Å²) in [4.78, 5) is 23.9. The van der Waals surface area contributed by atoms with Gasteiger partial charge in [-0.05, 0) is 5.18 Å². The average Bonchev–Trinajstić information content (AvgIpc) is 2.40. The van der Waals surface area contributed by atoms with Crippen LogP contribution in [0.5, 0.6) is 0 Å². The van der Waals surface area contributed by atoms with E-state index in [-0.39, 0.29) is 5.01 Å². The minimum Gasteiger partial charge on any atom is -0.479 e. The van der Waals surface area contributed by atoms with Gasteiger partial charge in [-0.1, -0.05) is 0 Å². The summed E-state index contributed by atoms with van der Waals surface area (Å²) in [5.41, 5.74) is 0. The van der Waals surface area contributed by atoms with Crippen LogP contribution in [0, 0.1) is 4.91 Å². The largest absolute Gasteiger partial charge is 0.479 e. The Morgan fingerprint density at radius 3 is 2.91 bits per heavy atom. The highest BCUT2D eigenvalue weighted by Crippen LogP contribution is 2.18. The Bertz CT molecular complexity index is 259. The molecule has 0 aliphatic carbocycles. The van der Waals surface area contributed by atoms with E-state index in [1.54, 1.807) is 5.38 Å². The molecule has 0 amide bonds. The highest BCUT2D eigenvalue weighted by Gasteiger charge is 2.22. The Morgan fingerprint density at radius 1 is 1.82 bits per heavy atom. The molecule has 1 aromatic heterocycles. The van der Waals surface area contributed by atoms with Gasteiger partial charge in [0.15, 0.2) is 0 Å². The van der Waals surface area contributed by atoms with Gasteiger partial charge in [0.2, 0.25) is 6.04 Å². The van der Waals surface area contributed by atoms with Crippen LogP contribution in [0.1, 0.15) is 11.0 Å². The number of rotatable bonds is 3. The molecule has 1 N–H and O–H groups in total. The van der Waals surface area contributed by atoms with Crippen molar-refractivity contribution in [2.24, 2.45) is 5.18 Å². The number of hydrogen-bond acceptors (Lipinski definition) is 5. The molecule has 0 spiro atoms. The maximum atomic E-state index is 10.3. The number of nitrogens with zero attached hydrogens (tertiary/aromatic N) is 2. The Hall–Kier alpha value is -1.30. The second kappa shape index (κ2) is 3.20. The van der Waals surface area contributed by atoms with Crippen molar-refractivity contribution in [1.29, 1.82) is 0 Å². The van der Waals surface area contributed by atoms with Gasteiger partial charge >= 0.3 is 5.97 Å². The first-order valence-corrected chi connectivity index (χ1v) is 3.58. The molecule has 11 heavy (non-hydrogen) atoms. The highest BCUT2D eigenvalue weighted by atomic mass is 32.1. The van der Waals surface area contributed by atoms with Gasteiger partial charge in [0.25, 0.3) is 0 Å². The lowest BCUT2D eigenvalue weighted by molar-refractivity contribution is -0.138. The van der Waals surface area contributed by atoms with E-state index in [1.165, 1.54) is 6.20 Å². The second-order valence-electron chi connectivity index (χ2n) is 1.72. The van der Waals surface area contributed by atoms with E-state index in [0.29, 0.717) is 0 Å². The summed E-state index contributed by atoms with van der Waals surface area (Å²) in [5.74, 6) is -1.27. The normalized spacial score (nSPS) is 12.4. The lowest BCUT2D eigenvalue weighted by atomic mass is 10.3. The van der Waals surface area contributed by atoms with Gasteiger partial charge in [0.05, 0.1) is 0 Å². The quantitative estimate of drug-likeness (QED) is 0.690. The number of carboxylic acid groups (broad SMARTS) is 1. The van der Waals surface area contributed by atoms with Gasteiger partial charge < -0.3 is 5.11 Å². The molecule has 0 saturated heterocycles. The molecule has 1 heterocycles. The molecule has 0 bridgehead atoms. The third kappa shape index (κ3) is 1.58. The lowest BCUT2D eigenvalue weighted by Gasteiger charge is -1.95. The maximum Gasteiger partial charge on any atom is 0.339 e. The number of thiazole rings is 1. The van der Waals surface area contributed by atoms with Crippen LogP contribution in [0.2, 0.25) is 0 Å². The van der Waals surface area contributed by atoms with Gasteiger partial charge in [-0.2, -0.15) is 0 Å². The molecule has 0 radical (unpaired) electrons. The first-order valence-electron chi connectivity index (χ1n) is 2.70. The summed E-state index contributed by atoms with van der Waals surface area (Å²) in [7, 11) is 0. The lowest BCUT2D eigenvalue weighted by Crippen LogP contribution is -2.07. The zero-order chi connectivity index (χ0) is 8.27. The van der Waals surface area contributed by atoms with Crippen LogP contribution in [0.25, 0.3) is 0 Å². The molecular weight excluding hydrogens is 168 g/mol. The summed E-state index contributed by atoms with van der Waals surface area (Å²) in [6, 6.07) is -1.35. The van der Waals surface area contributed by atoms with Gasteiger partial charge in [-0.25, -0.2) is 9.78 Å². The predicted molar refractivity (Wildman–Crippen MR) is 38.3 cm³/mol. The van der Waals surface area contributed by atoms with Crippen molar-refractivity contribution in [3.05, 3.63) is 21.5 Å². The molecule has 58 valence electrons. The topological polar surface area (TPSA) is 79.6 Å². The number of aliphatic carboxylic acids is 1. The second-order valence-corrected chi connectivity index (χ2v) is 2.64. The molecule has 0 aromatic carbocycles. The van der Waals surface area contributed by atoms with Crippen molar-refractivity contribution in [2.75, 3.05) is 0 Å². The van der Waals surface area contributed by atoms with Crippen molar-refractivity contribution in [2.45, 2.75) is 6.04 Å². The minimum absolute atomic E-state index is 0.215. The fourth-order valence-corrected chi connectivity index (χ4v) is 1.22. The molecular formula is C5H4N2O3S. The Labute approximate surface area is 65.7 Å². The molecule has 5 nitrogen and oxygen atoms in total. The van der Waals surface area contributed by atoms with Crippen molar-refractivity contribution in [3.8, 4) is 0 Å². The smallest absolute Gasteiger partial charge is 0.339 e. The zero-order valence-corrected chi connectivity index (χ0v) is 6.11. The number of hydrogen-bond donors (Lipinski definition) is 1. The average molecular weight is 172 g/mol. The third-order valence-corrected chi connectivity index (χ3v) is 1.85. The fraction of sp³-hybridized carbons (Fsp3) is 0.200. The molecule has 1 aromatic rings. The van der Waals surface area contributed by atoms with E-state index < -0.39 is 12.0 Å². The predicted octanol–water partition coefficient (Wildman–Crippen LogP) is 1.04. The zero-order valence-electron chi connectivity index (χ0n) is 5.30. The van der Waals surface area contributed by atoms with Crippen molar-refractivity contribution < 1.29 is 9.90 Å². The van der Waals surface area contributed by atoms with Gasteiger partial charge in [0, 0.05) is 11.6 Å². The third-order valence-electron chi connectivity index (χ3n) is 1.02. The first-order chi connectivity index (χ1) is 5.25. The summed E-state index contributed by atoms with van der Waals surface area (Å²) in [5, 5.41) is 12.7. The van der Waals surface area contributed by atoms with Crippen LogP contribution in [0.3, 0.4) is 0 Å². The Morgan fingerprint density at radius 2 is 2.55 bits per heavy atom. The van der Waals surface area contributed by atoms with Gasteiger partial charge in [0.1, 0.15) is 5.01 Å². The molecule has 6 heteroatoms. The van der Waals surface area contributed by atoms with Gasteiger partial charge in [-0.3, -0.25) is 0 Å². The van der Waals surface area contributed by atoms with Crippen LogP contribution >= 0.6 is 11.3 Å². The minimum atomic E-state index is -1.35. The standard InChI is InChI=1S/C5H4N2O3S/c8-5(9)3(7-10)4-6-1-2-11-4/h1-3H,(H,8,9). The summed E-state index contributed by atoms with van der Waals surface area (Å²) < 4.78 is 0. The van der Waals surface area contributed by atoms with Crippen LogP contribution in [0.15, 0.2) is 16.8 Å². The molecule has 0 aliphatic heterocycles. The van der Waals surface area contributed by atoms with E-state index in [9.17, 15) is 9.70 Å². The summed E-state index contributed by atoms with van der Waals surface area (Å²) >= 11 is 1.10. The Kier molecular flexibility index (Phi) is 2.27. The molecule has 0 saturated carbocycles.